The monoisotopic (exact) mass is 423 g/mol. The van der Waals surface area contributed by atoms with Crippen molar-refractivity contribution < 1.29 is 35.8 Å². The van der Waals surface area contributed by atoms with Crippen LogP contribution in [0.15, 0.2) is 30.5 Å². The molecule has 0 unspecified atom stereocenters. The normalized spacial score (nSPS) is 12.0. The maximum atomic E-state index is 13.1. The zero-order valence-corrected chi connectivity index (χ0v) is 15.6. The highest BCUT2D eigenvalue weighted by molar-refractivity contribution is 5.65. The number of para-hydroxylation sites is 2. The van der Waals surface area contributed by atoms with Crippen molar-refractivity contribution >= 4 is 11.6 Å². The van der Waals surface area contributed by atoms with Crippen molar-refractivity contribution in [1.29, 1.82) is 0 Å². The Morgan fingerprint density at radius 3 is 2.34 bits per heavy atom. The molecule has 0 amide bonds. The van der Waals surface area contributed by atoms with E-state index in [4.69, 9.17) is 4.74 Å². The Morgan fingerprint density at radius 1 is 1.03 bits per heavy atom. The third kappa shape index (κ3) is 6.40. The molecule has 5 nitrogen and oxygen atoms in total. The van der Waals surface area contributed by atoms with Crippen LogP contribution in [0.2, 0.25) is 0 Å². The van der Waals surface area contributed by atoms with E-state index in [1.165, 1.54) is 11.9 Å². The number of halogens is 6. The Balaban J connectivity index is 2.37. The predicted molar refractivity (Wildman–Crippen MR) is 93.5 cm³/mol. The summed E-state index contributed by atoms with van der Waals surface area (Å²) in [6.45, 7) is 0.502. The summed E-state index contributed by atoms with van der Waals surface area (Å²) in [6.07, 6.45) is -7.70. The van der Waals surface area contributed by atoms with Crippen LogP contribution in [-0.2, 0) is 6.18 Å². The molecule has 0 atom stereocenters. The molecule has 2 rings (SSSR count). The number of hydrogen-bond acceptors (Lipinski definition) is 5. The van der Waals surface area contributed by atoms with Crippen molar-refractivity contribution in [3.8, 4) is 11.6 Å². The molecule has 2 aromatic rings. The van der Waals surface area contributed by atoms with Crippen LogP contribution < -0.4 is 14.4 Å². The third-order valence-corrected chi connectivity index (χ3v) is 3.70. The number of nitrogens with zero attached hydrogens (tertiary/aromatic N) is 3. The van der Waals surface area contributed by atoms with Crippen LogP contribution in [0.1, 0.15) is 25.3 Å². The summed E-state index contributed by atoms with van der Waals surface area (Å²) < 4.78 is 86.5. The van der Waals surface area contributed by atoms with Crippen LogP contribution in [0.4, 0.5) is 38.0 Å². The van der Waals surface area contributed by atoms with Gasteiger partial charge in [-0.1, -0.05) is 25.5 Å². The Morgan fingerprint density at radius 2 is 1.72 bits per heavy atom. The van der Waals surface area contributed by atoms with Crippen molar-refractivity contribution in [3.05, 3.63) is 36.0 Å². The molecule has 1 heterocycles. The quantitative estimate of drug-likeness (QED) is 0.421. The van der Waals surface area contributed by atoms with Gasteiger partial charge in [-0.15, -0.1) is 0 Å². The van der Waals surface area contributed by atoms with Gasteiger partial charge < -0.3 is 14.4 Å². The van der Waals surface area contributed by atoms with Crippen molar-refractivity contribution in [2.24, 2.45) is 0 Å². The zero-order chi connectivity index (χ0) is 21.7. The van der Waals surface area contributed by atoms with Crippen LogP contribution in [0.25, 0.3) is 0 Å². The summed E-state index contributed by atoms with van der Waals surface area (Å²) in [5.41, 5.74) is -1.06. The van der Waals surface area contributed by atoms with Gasteiger partial charge in [0, 0.05) is 13.2 Å². The molecule has 0 fully saturated rings. The van der Waals surface area contributed by atoms with Gasteiger partial charge in [-0.05, 0) is 18.6 Å². The van der Waals surface area contributed by atoms with Crippen molar-refractivity contribution in [1.82, 2.24) is 9.97 Å². The maximum Gasteiger partial charge on any atom is 0.423 e. The van der Waals surface area contributed by atoms with E-state index in [1.807, 2.05) is 6.92 Å². The summed E-state index contributed by atoms with van der Waals surface area (Å²) in [5, 5.41) is 0. The first kappa shape index (κ1) is 22.6. The average Bonchev–Trinajstić information content (AvgIpc) is 2.65. The highest BCUT2D eigenvalue weighted by Gasteiger charge is 2.38. The number of ether oxygens (including phenoxy) is 2. The van der Waals surface area contributed by atoms with E-state index in [9.17, 15) is 26.3 Å². The van der Waals surface area contributed by atoms with Crippen LogP contribution in [0.3, 0.4) is 0 Å². The number of hydrogen-bond donors (Lipinski definition) is 0. The van der Waals surface area contributed by atoms with Crippen LogP contribution in [0.5, 0.6) is 11.6 Å². The van der Waals surface area contributed by atoms with Crippen molar-refractivity contribution in [2.45, 2.75) is 32.1 Å². The fourth-order valence-corrected chi connectivity index (χ4v) is 2.26. The molecule has 0 saturated carbocycles. The van der Waals surface area contributed by atoms with Gasteiger partial charge in [-0.2, -0.15) is 31.3 Å². The summed E-state index contributed by atoms with van der Waals surface area (Å²) in [4.78, 5) is 8.52. The molecule has 0 aliphatic carbocycles. The molecule has 29 heavy (non-hydrogen) atoms. The summed E-state index contributed by atoms with van der Waals surface area (Å²) in [6, 6.07) is 6.67. The summed E-state index contributed by atoms with van der Waals surface area (Å²) >= 11 is 0. The second kappa shape index (κ2) is 9.19. The lowest BCUT2D eigenvalue weighted by molar-refractivity contribution is -0.159. The van der Waals surface area contributed by atoms with Gasteiger partial charge in [-0.3, -0.25) is 0 Å². The Kier molecular flexibility index (Phi) is 7.15. The van der Waals surface area contributed by atoms with E-state index in [0.29, 0.717) is 24.2 Å². The van der Waals surface area contributed by atoms with Gasteiger partial charge in [0.1, 0.15) is 11.3 Å². The minimum atomic E-state index is -4.97. The largest absolute Gasteiger partial charge is 0.491 e. The number of rotatable bonds is 8. The van der Waals surface area contributed by atoms with Gasteiger partial charge in [-0.25, -0.2) is 4.98 Å². The van der Waals surface area contributed by atoms with E-state index >= 15 is 0 Å². The first-order valence-electron chi connectivity index (χ1n) is 8.62. The molecule has 160 valence electrons. The van der Waals surface area contributed by atoms with Crippen molar-refractivity contribution in [3.63, 3.8) is 0 Å². The molecule has 1 aromatic carbocycles. The molecule has 0 aliphatic rings. The molecule has 11 heteroatoms. The third-order valence-electron chi connectivity index (χ3n) is 3.70. The van der Waals surface area contributed by atoms with Gasteiger partial charge in [0.2, 0.25) is 11.8 Å². The summed E-state index contributed by atoms with van der Waals surface area (Å²) in [5.74, 6) is -1.04. The number of aromatic nitrogens is 2. The minimum absolute atomic E-state index is 0.276. The average molecular weight is 423 g/mol. The second-order valence-electron chi connectivity index (χ2n) is 6.02. The molecule has 1 aromatic heterocycles. The molecular weight excluding hydrogens is 404 g/mol. The highest BCUT2D eigenvalue weighted by atomic mass is 19.4. The lowest BCUT2D eigenvalue weighted by Gasteiger charge is -2.22. The smallest absolute Gasteiger partial charge is 0.423 e. The van der Waals surface area contributed by atoms with Gasteiger partial charge in [0.05, 0.1) is 12.3 Å². The lowest BCUT2D eigenvalue weighted by Crippen LogP contribution is -2.23. The maximum absolute atomic E-state index is 13.1. The first-order chi connectivity index (χ1) is 13.5. The SMILES string of the molecule is CCCCOc1ccccc1N(C)c1ncc(C(F)(F)F)c(OCC(F)(F)F)n1. The van der Waals surface area contributed by atoms with Crippen molar-refractivity contribution in [2.75, 3.05) is 25.2 Å². The van der Waals surface area contributed by atoms with E-state index in [1.54, 1.807) is 24.3 Å². The number of benzene rings is 1. The standard InChI is InChI=1S/C18H19F6N3O2/c1-3-4-9-28-14-8-6-5-7-13(14)27(2)16-25-10-12(18(22,23)24)15(26-16)29-11-17(19,20)21/h5-8,10H,3-4,9,11H2,1-2H3. The van der Waals surface area contributed by atoms with E-state index in [0.717, 1.165) is 12.8 Å². The number of anilines is 2. The Bertz CT molecular complexity index is 811. The lowest BCUT2D eigenvalue weighted by atomic mass is 10.2. The predicted octanol–water partition coefficient (Wildman–Crippen LogP) is 5.38. The topological polar surface area (TPSA) is 47.5 Å². The fraction of sp³-hybridized carbons (Fsp3) is 0.444. The van der Waals surface area contributed by atoms with Gasteiger partial charge in [0.15, 0.2) is 6.61 Å². The van der Waals surface area contributed by atoms with E-state index in [-0.39, 0.29) is 5.95 Å². The molecule has 0 bridgehead atoms. The molecule has 0 radical (unpaired) electrons. The zero-order valence-electron chi connectivity index (χ0n) is 15.6. The van der Waals surface area contributed by atoms with Crippen LogP contribution in [0, 0.1) is 0 Å². The molecule has 0 N–H and O–H groups in total. The molecular formula is C18H19F6N3O2. The van der Waals surface area contributed by atoms with E-state index in [2.05, 4.69) is 14.7 Å². The minimum Gasteiger partial charge on any atom is -0.491 e. The highest BCUT2D eigenvalue weighted by Crippen LogP contribution is 2.37. The first-order valence-corrected chi connectivity index (χ1v) is 8.62. The second-order valence-corrected chi connectivity index (χ2v) is 6.02. The number of unbranched alkanes of at least 4 members (excludes halogenated alkanes) is 1. The van der Waals surface area contributed by atoms with E-state index < -0.39 is 30.4 Å². The molecule has 0 spiro atoms. The number of alkyl halides is 6. The van der Waals surface area contributed by atoms with Crippen LogP contribution in [-0.4, -0.2) is 36.4 Å². The fourth-order valence-electron chi connectivity index (χ4n) is 2.26. The van der Waals surface area contributed by atoms with Gasteiger partial charge in [0.25, 0.3) is 0 Å². The summed E-state index contributed by atoms with van der Waals surface area (Å²) in [7, 11) is 1.46. The molecule has 0 aliphatic heterocycles. The Hall–Kier alpha value is -2.72. The van der Waals surface area contributed by atoms with Crippen LogP contribution >= 0.6 is 0 Å². The molecule has 0 saturated heterocycles. The van der Waals surface area contributed by atoms with Gasteiger partial charge >= 0.3 is 12.4 Å². The Labute approximate surface area is 163 Å².